The number of carbonyl (C=O) groups is 2. The summed E-state index contributed by atoms with van der Waals surface area (Å²) in [4.78, 5) is 34.1. The van der Waals surface area contributed by atoms with Crippen LogP contribution in [0.2, 0.25) is 0 Å². The van der Waals surface area contributed by atoms with Crippen molar-refractivity contribution in [3.8, 4) is 11.5 Å². The van der Waals surface area contributed by atoms with Crippen LogP contribution < -0.4 is 16.0 Å². The Balaban J connectivity index is 1.23. The van der Waals surface area contributed by atoms with E-state index in [1.165, 1.54) is 11.1 Å². The van der Waals surface area contributed by atoms with Crippen molar-refractivity contribution >= 4 is 22.8 Å². The van der Waals surface area contributed by atoms with Gasteiger partial charge < -0.3 is 20.9 Å². The zero-order valence-corrected chi connectivity index (χ0v) is 20.1. The normalized spacial score (nSPS) is 17.8. The Labute approximate surface area is 208 Å². The Bertz CT molecular complexity index is 1450. The fraction of sp³-hybridized carbons (Fsp3) is 0.333. The Morgan fingerprint density at radius 3 is 2.69 bits per heavy atom. The molecular weight excluding hydrogens is 454 g/mol. The Kier molecular flexibility index (Phi) is 5.77. The van der Waals surface area contributed by atoms with E-state index in [0.717, 1.165) is 44.3 Å². The maximum absolute atomic E-state index is 13.1. The van der Waals surface area contributed by atoms with E-state index in [1.807, 2.05) is 25.1 Å². The third-order valence-electron chi connectivity index (χ3n) is 7.26. The molecule has 4 aromatic rings. The minimum atomic E-state index is -0.152. The SMILES string of the molecule is Cc1[nH]nc(-c2nc3ccc(C(=O)NC4CCc5ccccc54)cc3[nH]2)c1C(=O)NC1CCNCC1. The largest absolute Gasteiger partial charge is 0.349 e. The zero-order chi connectivity index (χ0) is 24.6. The van der Waals surface area contributed by atoms with Gasteiger partial charge in [-0.3, -0.25) is 14.7 Å². The number of amides is 2. The van der Waals surface area contributed by atoms with Crippen molar-refractivity contribution in [1.82, 2.24) is 36.1 Å². The number of carbonyl (C=O) groups excluding carboxylic acids is 2. The first-order valence-electron chi connectivity index (χ1n) is 12.5. The number of aromatic amines is 2. The number of rotatable bonds is 5. The average molecular weight is 484 g/mol. The molecule has 184 valence electrons. The second-order valence-corrected chi connectivity index (χ2v) is 9.65. The number of hydrogen-bond acceptors (Lipinski definition) is 5. The van der Waals surface area contributed by atoms with Gasteiger partial charge in [-0.15, -0.1) is 0 Å². The van der Waals surface area contributed by atoms with E-state index in [9.17, 15) is 9.59 Å². The van der Waals surface area contributed by atoms with Crippen molar-refractivity contribution in [2.45, 2.75) is 44.7 Å². The standard InChI is InChI=1S/C27H29N7O2/c1-15-23(27(36)29-18-10-12-28-13-11-18)24(34-33-15)25-30-21-9-7-17(14-22(21)31-25)26(35)32-20-8-6-16-4-2-3-5-19(16)20/h2-5,7,9,14,18,20,28H,6,8,10-13H2,1H3,(H,29,36)(H,30,31)(H,32,35)(H,33,34). The van der Waals surface area contributed by atoms with E-state index in [0.29, 0.717) is 33.9 Å². The number of imidazole rings is 1. The molecule has 9 heteroatoms. The van der Waals surface area contributed by atoms with Crippen LogP contribution in [0.5, 0.6) is 0 Å². The molecule has 0 radical (unpaired) electrons. The summed E-state index contributed by atoms with van der Waals surface area (Å²) in [6, 6.07) is 13.8. The monoisotopic (exact) mass is 483 g/mol. The lowest BCUT2D eigenvalue weighted by Crippen LogP contribution is -2.42. The second-order valence-electron chi connectivity index (χ2n) is 9.65. The summed E-state index contributed by atoms with van der Waals surface area (Å²) in [5.41, 5.74) is 6.13. The van der Waals surface area contributed by atoms with Gasteiger partial charge in [0, 0.05) is 17.3 Å². The van der Waals surface area contributed by atoms with Gasteiger partial charge in [-0.1, -0.05) is 24.3 Å². The molecule has 5 N–H and O–H groups in total. The van der Waals surface area contributed by atoms with Gasteiger partial charge in [0.15, 0.2) is 5.82 Å². The molecule has 3 heterocycles. The topological polar surface area (TPSA) is 128 Å². The lowest BCUT2D eigenvalue weighted by Gasteiger charge is -2.23. The lowest BCUT2D eigenvalue weighted by atomic mass is 10.1. The molecule has 2 aromatic heterocycles. The molecule has 0 saturated carbocycles. The maximum Gasteiger partial charge on any atom is 0.255 e. The molecule has 1 saturated heterocycles. The molecule has 2 amide bonds. The van der Waals surface area contributed by atoms with E-state index in [4.69, 9.17) is 0 Å². The van der Waals surface area contributed by atoms with Crippen molar-refractivity contribution in [3.63, 3.8) is 0 Å². The fourth-order valence-electron chi connectivity index (χ4n) is 5.31. The molecule has 36 heavy (non-hydrogen) atoms. The van der Waals surface area contributed by atoms with E-state index in [1.54, 1.807) is 12.1 Å². The van der Waals surface area contributed by atoms with E-state index >= 15 is 0 Å². The summed E-state index contributed by atoms with van der Waals surface area (Å²) >= 11 is 0. The molecule has 2 aliphatic rings. The van der Waals surface area contributed by atoms with Crippen LogP contribution in [-0.4, -0.2) is 51.1 Å². The first-order valence-corrected chi connectivity index (χ1v) is 12.5. The van der Waals surface area contributed by atoms with Crippen molar-refractivity contribution in [1.29, 1.82) is 0 Å². The summed E-state index contributed by atoms with van der Waals surface area (Å²) in [5.74, 6) is 0.222. The summed E-state index contributed by atoms with van der Waals surface area (Å²) in [6.07, 6.45) is 3.68. The van der Waals surface area contributed by atoms with E-state index in [-0.39, 0.29) is 23.9 Å². The minimum Gasteiger partial charge on any atom is -0.349 e. The number of H-pyrrole nitrogens is 2. The molecule has 1 aliphatic carbocycles. The van der Waals surface area contributed by atoms with Gasteiger partial charge in [0.05, 0.1) is 22.6 Å². The van der Waals surface area contributed by atoms with Crippen LogP contribution in [0.15, 0.2) is 42.5 Å². The third kappa shape index (κ3) is 4.15. The number of benzene rings is 2. The van der Waals surface area contributed by atoms with Crippen molar-refractivity contribution in [2.24, 2.45) is 0 Å². The van der Waals surface area contributed by atoms with E-state index in [2.05, 4.69) is 48.2 Å². The first kappa shape index (κ1) is 22.5. The minimum absolute atomic E-state index is 0.0229. The molecule has 0 spiro atoms. The average Bonchev–Trinajstić information content (AvgIpc) is 3.60. The molecule has 1 atom stereocenters. The number of aromatic nitrogens is 4. The van der Waals surface area contributed by atoms with Crippen LogP contribution >= 0.6 is 0 Å². The maximum atomic E-state index is 13.1. The Morgan fingerprint density at radius 1 is 1.00 bits per heavy atom. The summed E-state index contributed by atoms with van der Waals surface area (Å²) in [5, 5.41) is 16.9. The number of nitrogens with one attached hydrogen (secondary N) is 5. The fourth-order valence-corrected chi connectivity index (χ4v) is 5.31. The van der Waals surface area contributed by atoms with Gasteiger partial charge in [0.2, 0.25) is 0 Å². The highest BCUT2D eigenvalue weighted by Gasteiger charge is 2.26. The number of fused-ring (bicyclic) bond motifs is 2. The van der Waals surface area contributed by atoms with Crippen LogP contribution in [0.3, 0.4) is 0 Å². The van der Waals surface area contributed by atoms with Crippen molar-refractivity contribution in [3.05, 3.63) is 70.4 Å². The van der Waals surface area contributed by atoms with Crippen molar-refractivity contribution in [2.75, 3.05) is 13.1 Å². The zero-order valence-electron chi connectivity index (χ0n) is 20.1. The Morgan fingerprint density at radius 2 is 1.83 bits per heavy atom. The highest BCUT2D eigenvalue weighted by molar-refractivity contribution is 6.01. The van der Waals surface area contributed by atoms with Crippen LogP contribution in [0.4, 0.5) is 0 Å². The predicted molar refractivity (Wildman–Crippen MR) is 137 cm³/mol. The molecule has 1 aliphatic heterocycles. The van der Waals surface area contributed by atoms with Crippen molar-refractivity contribution < 1.29 is 9.59 Å². The summed E-state index contributed by atoms with van der Waals surface area (Å²) < 4.78 is 0. The van der Waals surface area contributed by atoms with Gasteiger partial charge in [-0.05, 0) is 75.0 Å². The van der Waals surface area contributed by atoms with Gasteiger partial charge >= 0.3 is 0 Å². The molecule has 6 rings (SSSR count). The molecular formula is C27H29N7O2. The van der Waals surface area contributed by atoms with Gasteiger partial charge in [-0.2, -0.15) is 5.10 Å². The smallest absolute Gasteiger partial charge is 0.255 e. The van der Waals surface area contributed by atoms with Crippen LogP contribution in [-0.2, 0) is 6.42 Å². The molecule has 0 bridgehead atoms. The highest BCUT2D eigenvalue weighted by atomic mass is 16.2. The number of hydrogen-bond donors (Lipinski definition) is 5. The number of aryl methyl sites for hydroxylation is 2. The molecule has 2 aromatic carbocycles. The Hall–Kier alpha value is -3.98. The predicted octanol–water partition coefficient (Wildman–Crippen LogP) is 3.16. The highest BCUT2D eigenvalue weighted by Crippen LogP contribution is 2.31. The van der Waals surface area contributed by atoms with Gasteiger partial charge in [0.1, 0.15) is 5.69 Å². The quantitative estimate of drug-likeness (QED) is 0.298. The van der Waals surface area contributed by atoms with Gasteiger partial charge in [-0.25, -0.2) is 4.98 Å². The summed E-state index contributed by atoms with van der Waals surface area (Å²) in [6.45, 7) is 3.63. The van der Waals surface area contributed by atoms with Crippen LogP contribution in [0.25, 0.3) is 22.6 Å². The summed E-state index contributed by atoms with van der Waals surface area (Å²) in [7, 11) is 0. The lowest BCUT2D eigenvalue weighted by molar-refractivity contribution is 0.0924. The third-order valence-corrected chi connectivity index (χ3v) is 7.26. The van der Waals surface area contributed by atoms with E-state index < -0.39 is 0 Å². The second kappa shape index (κ2) is 9.23. The number of piperidine rings is 1. The molecule has 9 nitrogen and oxygen atoms in total. The first-order chi connectivity index (χ1) is 17.6. The molecule has 1 fully saturated rings. The van der Waals surface area contributed by atoms with Crippen LogP contribution in [0, 0.1) is 6.92 Å². The van der Waals surface area contributed by atoms with Crippen LogP contribution in [0.1, 0.15) is 62.8 Å². The molecule has 1 unspecified atom stereocenters. The van der Waals surface area contributed by atoms with Gasteiger partial charge in [0.25, 0.3) is 11.8 Å². The number of nitrogens with zero attached hydrogens (tertiary/aromatic N) is 2.